The third-order valence-electron chi connectivity index (χ3n) is 3.81. The summed E-state index contributed by atoms with van der Waals surface area (Å²) in [4.78, 5) is 0. The molecule has 6 heteroatoms. The predicted octanol–water partition coefficient (Wildman–Crippen LogP) is 2.44. The van der Waals surface area contributed by atoms with Gasteiger partial charge in [0, 0.05) is 13.1 Å². The Balaban J connectivity index is 1.41. The summed E-state index contributed by atoms with van der Waals surface area (Å²) in [6.07, 6.45) is 0. The summed E-state index contributed by atoms with van der Waals surface area (Å²) >= 11 is 0. The maximum absolute atomic E-state index is 5.44. The minimum atomic E-state index is 0.236. The van der Waals surface area contributed by atoms with Crippen molar-refractivity contribution in [2.24, 2.45) is 0 Å². The van der Waals surface area contributed by atoms with E-state index in [-0.39, 0.29) is 6.79 Å². The molecule has 6 nitrogen and oxygen atoms in total. The van der Waals surface area contributed by atoms with Gasteiger partial charge >= 0.3 is 0 Å². The Morgan fingerprint density at radius 2 is 1.61 bits per heavy atom. The van der Waals surface area contributed by atoms with Crippen LogP contribution in [0.25, 0.3) is 0 Å². The van der Waals surface area contributed by atoms with Gasteiger partial charge in [0.25, 0.3) is 0 Å². The van der Waals surface area contributed by atoms with Crippen molar-refractivity contribution in [1.82, 2.24) is 5.32 Å². The summed E-state index contributed by atoms with van der Waals surface area (Å²) < 4.78 is 26.9. The lowest BCUT2D eigenvalue weighted by molar-refractivity contribution is 0.171. The quantitative estimate of drug-likeness (QED) is 0.914. The van der Waals surface area contributed by atoms with E-state index in [4.69, 9.17) is 23.7 Å². The van der Waals surface area contributed by atoms with Gasteiger partial charge in [0.05, 0.1) is 7.11 Å². The molecule has 2 aliphatic heterocycles. The van der Waals surface area contributed by atoms with E-state index in [1.165, 1.54) is 0 Å². The molecule has 0 unspecified atom stereocenters. The average Bonchev–Trinajstić information content (AvgIpc) is 3.22. The van der Waals surface area contributed by atoms with Crippen molar-refractivity contribution in [3.63, 3.8) is 0 Å². The van der Waals surface area contributed by atoms with E-state index in [9.17, 15) is 0 Å². The highest BCUT2D eigenvalue weighted by atomic mass is 16.7. The highest BCUT2D eigenvalue weighted by Crippen LogP contribution is 2.41. The molecule has 4 rings (SSSR count). The normalized spacial score (nSPS) is 14.1. The van der Waals surface area contributed by atoms with Crippen LogP contribution in [0.3, 0.4) is 0 Å². The van der Waals surface area contributed by atoms with Crippen molar-refractivity contribution >= 4 is 0 Å². The maximum Gasteiger partial charge on any atom is 0.231 e. The topological polar surface area (TPSA) is 58.2 Å². The lowest BCUT2D eigenvalue weighted by Gasteiger charge is -2.09. The molecule has 0 saturated heterocycles. The Bertz CT molecular complexity index is 731. The van der Waals surface area contributed by atoms with Gasteiger partial charge in [0.2, 0.25) is 19.3 Å². The van der Waals surface area contributed by atoms with E-state index in [0.29, 0.717) is 24.8 Å². The van der Waals surface area contributed by atoms with Gasteiger partial charge in [-0.15, -0.1) is 0 Å². The van der Waals surface area contributed by atoms with E-state index in [1.54, 1.807) is 7.11 Å². The monoisotopic (exact) mass is 315 g/mol. The van der Waals surface area contributed by atoms with Crippen LogP contribution in [-0.4, -0.2) is 20.7 Å². The maximum atomic E-state index is 5.44. The van der Waals surface area contributed by atoms with Gasteiger partial charge in [-0.1, -0.05) is 6.07 Å². The van der Waals surface area contributed by atoms with Crippen molar-refractivity contribution in [2.45, 2.75) is 13.1 Å². The first-order chi connectivity index (χ1) is 11.3. The van der Waals surface area contributed by atoms with Crippen LogP contribution in [0.15, 0.2) is 30.3 Å². The Labute approximate surface area is 133 Å². The zero-order valence-electron chi connectivity index (χ0n) is 12.8. The molecular formula is C17H17NO5. The molecule has 0 spiro atoms. The molecular weight excluding hydrogens is 298 g/mol. The minimum absolute atomic E-state index is 0.236. The molecule has 0 fully saturated rings. The van der Waals surface area contributed by atoms with Crippen LogP contribution in [0.2, 0.25) is 0 Å². The first-order valence-corrected chi connectivity index (χ1v) is 7.39. The number of fused-ring (bicyclic) bond motifs is 2. The number of hydrogen-bond acceptors (Lipinski definition) is 6. The van der Waals surface area contributed by atoms with Crippen molar-refractivity contribution in [3.8, 4) is 28.7 Å². The van der Waals surface area contributed by atoms with Crippen LogP contribution in [-0.2, 0) is 13.1 Å². The number of benzene rings is 2. The zero-order valence-corrected chi connectivity index (χ0v) is 12.8. The second kappa shape index (κ2) is 5.89. The Morgan fingerprint density at radius 1 is 0.870 bits per heavy atom. The molecule has 2 aromatic rings. The summed E-state index contributed by atoms with van der Waals surface area (Å²) in [6, 6.07) is 9.89. The lowest BCUT2D eigenvalue weighted by Crippen LogP contribution is -2.12. The third-order valence-corrected chi connectivity index (χ3v) is 3.81. The molecule has 0 bridgehead atoms. The standard InChI is InChI=1S/C17H17NO5/c1-19-15-5-12(6-16-17(15)23-10-22-16)8-18-7-11-2-3-13-14(4-11)21-9-20-13/h2-6,18H,7-10H2,1H3. The lowest BCUT2D eigenvalue weighted by atomic mass is 10.1. The van der Waals surface area contributed by atoms with Crippen LogP contribution in [0.1, 0.15) is 11.1 Å². The van der Waals surface area contributed by atoms with Crippen molar-refractivity contribution < 1.29 is 23.7 Å². The van der Waals surface area contributed by atoms with Gasteiger partial charge in [-0.05, 0) is 35.4 Å². The van der Waals surface area contributed by atoms with Gasteiger partial charge in [0.1, 0.15) is 0 Å². The van der Waals surface area contributed by atoms with Gasteiger partial charge in [-0.3, -0.25) is 0 Å². The first-order valence-electron chi connectivity index (χ1n) is 7.39. The summed E-state index contributed by atoms with van der Waals surface area (Å²) in [6.45, 7) is 1.96. The first kappa shape index (κ1) is 14.0. The molecule has 0 radical (unpaired) electrons. The van der Waals surface area contributed by atoms with Gasteiger partial charge in [0.15, 0.2) is 23.0 Å². The smallest absolute Gasteiger partial charge is 0.231 e. The van der Waals surface area contributed by atoms with Gasteiger partial charge in [-0.25, -0.2) is 0 Å². The number of hydrogen-bond donors (Lipinski definition) is 1. The zero-order chi connectivity index (χ0) is 15.6. The van der Waals surface area contributed by atoms with Gasteiger partial charge in [-0.2, -0.15) is 0 Å². The molecule has 0 atom stereocenters. The Morgan fingerprint density at radius 3 is 2.52 bits per heavy atom. The van der Waals surface area contributed by atoms with Crippen LogP contribution in [0.4, 0.5) is 0 Å². The molecule has 2 aromatic carbocycles. The van der Waals surface area contributed by atoms with Crippen molar-refractivity contribution in [3.05, 3.63) is 41.5 Å². The fourth-order valence-electron chi connectivity index (χ4n) is 2.69. The summed E-state index contributed by atoms with van der Waals surface area (Å²) in [5, 5.41) is 3.40. The van der Waals surface area contributed by atoms with E-state index in [0.717, 1.165) is 34.9 Å². The fraction of sp³-hybridized carbons (Fsp3) is 0.294. The van der Waals surface area contributed by atoms with E-state index >= 15 is 0 Å². The highest BCUT2D eigenvalue weighted by Gasteiger charge is 2.20. The predicted molar refractivity (Wildman–Crippen MR) is 82.2 cm³/mol. The molecule has 2 aliphatic rings. The van der Waals surface area contributed by atoms with E-state index in [2.05, 4.69) is 5.32 Å². The minimum Gasteiger partial charge on any atom is -0.493 e. The molecule has 120 valence electrons. The van der Waals surface area contributed by atoms with Crippen LogP contribution < -0.4 is 29.0 Å². The van der Waals surface area contributed by atoms with Gasteiger partial charge < -0.3 is 29.0 Å². The fourth-order valence-corrected chi connectivity index (χ4v) is 2.69. The molecule has 2 heterocycles. The number of methoxy groups -OCH3 is 1. The number of rotatable bonds is 5. The van der Waals surface area contributed by atoms with Crippen molar-refractivity contribution in [2.75, 3.05) is 20.7 Å². The van der Waals surface area contributed by atoms with E-state index in [1.807, 2.05) is 30.3 Å². The van der Waals surface area contributed by atoms with E-state index < -0.39 is 0 Å². The molecule has 0 amide bonds. The molecule has 0 aromatic heterocycles. The second-order valence-electron chi connectivity index (χ2n) is 5.32. The van der Waals surface area contributed by atoms with Crippen LogP contribution in [0.5, 0.6) is 28.7 Å². The third kappa shape index (κ3) is 2.73. The molecule has 0 saturated carbocycles. The van der Waals surface area contributed by atoms with Crippen LogP contribution >= 0.6 is 0 Å². The van der Waals surface area contributed by atoms with Crippen LogP contribution in [0, 0.1) is 0 Å². The summed E-state index contributed by atoms with van der Waals surface area (Å²) in [5.41, 5.74) is 2.22. The molecule has 1 N–H and O–H groups in total. The largest absolute Gasteiger partial charge is 0.493 e. The molecule has 23 heavy (non-hydrogen) atoms. The second-order valence-corrected chi connectivity index (χ2v) is 5.32. The number of ether oxygens (including phenoxy) is 5. The SMILES string of the molecule is COc1cc(CNCc2ccc3c(c2)OCO3)cc2c1OCO2. The Kier molecular flexibility index (Phi) is 3.59. The van der Waals surface area contributed by atoms with Crippen molar-refractivity contribution in [1.29, 1.82) is 0 Å². The molecule has 0 aliphatic carbocycles. The number of nitrogens with one attached hydrogen (secondary N) is 1. The summed E-state index contributed by atoms with van der Waals surface area (Å²) in [5.74, 6) is 3.69. The summed E-state index contributed by atoms with van der Waals surface area (Å²) in [7, 11) is 1.63. The Hall–Kier alpha value is -2.60. The average molecular weight is 315 g/mol. The highest BCUT2D eigenvalue weighted by molar-refractivity contribution is 5.55.